The molecule has 136 valence electrons. The highest BCUT2D eigenvalue weighted by Crippen LogP contribution is 2.26. The third-order valence-corrected chi connectivity index (χ3v) is 4.38. The predicted octanol–water partition coefficient (Wildman–Crippen LogP) is 0.590. The lowest BCUT2D eigenvalue weighted by Gasteiger charge is -2.08. The summed E-state index contributed by atoms with van der Waals surface area (Å²) in [7, 11) is 0. The van der Waals surface area contributed by atoms with Crippen molar-refractivity contribution >= 4 is 17.6 Å². The minimum atomic E-state index is -1.10. The van der Waals surface area contributed by atoms with Gasteiger partial charge >= 0.3 is 5.97 Å². The third kappa shape index (κ3) is 3.02. The number of para-hydroxylation sites is 1. The number of H-pyrrole nitrogens is 2. The van der Waals surface area contributed by atoms with E-state index < -0.39 is 12.0 Å². The Bertz CT molecular complexity index is 1220. The van der Waals surface area contributed by atoms with Gasteiger partial charge in [-0.05, 0) is 29.8 Å². The highest BCUT2D eigenvalue weighted by molar-refractivity contribution is 5.82. The molecule has 1 aromatic carbocycles. The van der Waals surface area contributed by atoms with E-state index in [1.165, 1.54) is 6.26 Å². The second-order valence-corrected chi connectivity index (χ2v) is 6.13. The van der Waals surface area contributed by atoms with E-state index in [4.69, 9.17) is 10.2 Å². The number of nitrogens with zero attached hydrogens (tertiary/aromatic N) is 1. The number of hydrogen-bond donors (Lipinski definition) is 4. The van der Waals surface area contributed by atoms with Gasteiger partial charge in [0.15, 0.2) is 5.76 Å². The van der Waals surface area contributed by atoms with Crippen molar-refractivity contribution in [3.8, 4) is 11.5 Å². The van der Waals surface area contributed by atoms with Gasteiger partial charge in [-0.2, -0.15) is 0 Å². The lowest BCUT2D eigenvalue weighted by Crippen LogP contribution is -2.32. The molecule has 8 heteroatoms. The molecule has 1 aliphatic rings. The SMILES string of the molecule is NC(CC1=c2ccccc2=NC1=Cc1c(-c2ccco2)[nH][nH]c1=O)C(=O)O. The molecule has 0 saturated carbocycles. The van der Waals surface area contributed by atoms with Crippen molar-refractivity contribution in [3.63, 3.8) is 0 Å². The Morgan fingerprint density at radius 1 is 1.26 bits per heavy atom. The Hall–Kier alpha value is -3.65. The molecule has 3 heterocycles. The predicted molar refractivity (Wildman–Crippen MR) is 98.0 cm³/mol. The maximum absolute atomic E-state index is 12.3. The van der Waals surface area contributed by atoms with Crippen molar-refractivity contribution in [2.45, 2.75) is 12.5 Å². The van der Waals surface area contributed by atoms with Crippen molar-refractivity contribution in [2.24, 2.45) is 10.7 Å². The van der Waals surface area contributed by atoms with Crippen LogP contribution >= 0.6 is 0 Å². The molecule has 3 aromatic rings. The van der Waals surface area contributed by atoms with Gasteiger partial charge in [0.25, 0.3) is 5.56 Å². The third-order valence-electron chi connectivity index (χ3n) is 4.38. The molecule has 0 spiro atoms. The second-order valence-electron chi connectivity index (χ2n) is 6.13. The van der Waals surface area contributed by atoms with Gasteiger partial charge in [0.05, 0.1) is 22.9 Å². The fraction of sp³-hybridized carbons (Fsp3) is 0.105. The van der Waals surface area contributed by atoms with Gasteiger partial charge in [0.1, 0.15) is 11.7 Å². The largest absolute Gasteiger partial charge is 0.480 e. The Labute approximate surface area is 152 Å². The molecule has 0 saturated heterocycles. The van der Waals surface area contributed by atoms with Gasteiger partial charge < -0.3 is 15.3 Å². The number of nitrogens with one attached hydrogen (secondary N) is 2. The molecule has 27 heavy (non-hydrogen) atoms. The maximum atomic E-state index is 12.3. The van der Waals surface area contributed by atoms with Crippen LogP contribution in [0.3, 0.4) is 0 Å². The standard InChI is InChI=1S/C19H16N4O4/c20-13(19(25)26)8-11-10-4-1-2-5-14(10)21-15(11)9-12-17(22-23-18(12)24)16-6-3-7-27-16/h1-7,9,13H,8,20H2,(H,25,26)(H2,22,23,24). The molecule has 4 rings (SSSR count). The zero-order chi connectivity index (χ0) is 19.0. The molecule has 0 amide bonds. The molecule has 0 bridgehead atoms. The number of carbonyl (C=O) groups is 1. The van der Waals surface area contributed by atoms with Gasteiger partial charge in [-0.3, -0.25) is 19.8 Å². The summed E-state index contributed by atoms with van der Waals surface area (Å²) in [5.41, 5.74) is 7.44. The van der Waals surface area contributed by atoms with Crippen molar-refractivity contribution in [2.75, 3.05) is 0 Å². The van der Waals surface area contributed by atoms with Crippen LogP contribution in [0, 0.1) is 0 Å². The number of carboxylic acids is 1. The Balaban J connectivity index is 1.87. The summed E-state index contributed by atoms with van der Waals surface area (Å²) in [4.78, 5) is 28.1. The lowest BCUT2D eigenvalue weighted by molar-refractivity contribution is -0.138. The second kappa shape index (κ2) is 6.58. The first kappa shape index (κ1) is 16.8. The van der Waals surface area contributed by atoms with Crippen LogP contribution in [0.4, 0.5) is 0 Å². The number of furan rings is 1. The first-order valence-electron chi connectivity index (χ1n) is 8.26. The van der Waals surface area contributed by atoms with Crippen LogP contribution in [0.2, 0.25) is 0 Å². The van der Waals surface area contributed by atoms with Gasteiger partial charge in [0, 0.05) is 11.6 Å². The fourth-order valence-electron chi connectivity index (χ4n) is 3.06. The smallest absolute Gasteiger partial charge is 0.320 e. The molecule has 0 radical (unpaired) electrons. The number of allylic oxidation sites excluding steroid dienone is 1. The van der Waals surface area contributed by atoms with Crippen LogP contribution in [0.25, 0.3) is 23.1 Å². The summed E-state index contributed by atoms with van der Waals surface area (Å²) in [5, 5.41) is 16.0. The zero-order valence-corrected chi connectivity index (χ0v) is 14.1. The summed E-state index contributed by atoms with van der Waals surface area (Å²) in [6, 6.07) is 9.76. The van der Waals surface area contributed by atoms with Gasteiger partial charge in [0.2, 0.25) is 0 Å². The van der Waals surface area contributed by atoms with E-state index in [0.29, 0.717) is 33.6 Å². The Morgan fingerprint density at radius 3 is 2.81 bits per heavy atom. The van der Waals surface area contributed by atoms with Crippen molar-refractivity contribution in [1.29, 1.82) is 0 Å². The average molecular weight is 364 g/mol. The van der Waals surface area contributed by atoms with E-state index in [1.54, 1.807) is 18.2 Å². The molecule has 2 aromatic heterocycles. The Kier molecular flexibility index (Phi) is 4.09. The van der Waals surface area contributed by atoms with Crippen molar-refractivity contribution in [1.82, 2.24) is 10.2 Å². The Morgan fingerprint density at radius 2 is 2.07 bits per heavy atom. The molecule has 0 fully saturated rings. The first-order chi connectivity index (χ1) is 13.0. The minimum Gasteiger partial charge on any atom is -0.480 e. The van der Waals surface area contributed by atoms with Gasteiger partial charge in [-0.1, -0.05) is 18.2 Å². The quantitative estimate of drug-likeness (QED) is 0.525. The monoisotopic (exact) mass is 364 g/mol. The molecule has 5 N–H and O–H groups in total. The number of benzene rings is 1. The van der Waals surface area contributed by atoms with Gasteiger partial charge in [-0.15, -0.1) is 0 Å². The van der Waals surface area contributed by atoms with Crippen LogP contribution in [-0.2, 0) is 4.79 Å². The molecule has 1 unspecified atom stereocenters. The van der Waals surface area contributed by atoms with Crippen LogP contribution in [0.5, 0.6) is 0 Å². The van der Waals surface area contributed by atoms with Crippen molar-refractivity contribution < 1.29 is 14.3 Å². The minimum absolute atomic E-state index is 0.0973. The highest BCUT2D eigenvalue weighted by Gasteiger charge is 2.21. The molecular formula is C19H16N4O4. The van der Waals surface area contributed by atoms with Crippen LogP contribution in [0.1, 0.15) is 12.0 Å². The first-order valence-corrected chi connectivity index (χ1v) is 8.26. The lowest BCUT2D eigenvalue weighted by atomic mass is 10.0. The number of aromatic amines is 2. The number of fused-ring (bicyclic) bond motifs is 1. The normalized spacial score (nSPS) is 15.6. The zero-order valence-electron chi connectivity index (χ0n) is 14.1. The van der Waals surface area contributed by atoms with E-state index in [9.17, 15) is 14.7 Å². The van der Waals surface area contributed by atoms with E-state index >= 15 is 0 Å². The maximum Gasteiger partial charge on any atom is 0.320 e. The number of aliphatic carboxylic acids is 1. The van der Waals surface area contributed by atoms with E-state index in [0.717, 1.165) is 5.22 Å². The summed E-state index contributed by atoms with van der Waals surface area (Å²) in [5.74, 6) is -0.596. The molecule has 0 aliphatic carbocycles. The number of hydrogen-bond acceptors (Lipinski definition) is 5. The summed E-state index contributed by atoms with van der Waals surface area (Å²) in [6.07, 6.45) is 3.23. The van der Waals surface area contributed by atoms with E-state index in [2.05, 4.69) is 15.2 Å². The van der Waals surface area contributed by atoms with Crippen LogP contribution < -0.4 is 21.9 Å². The van der Waals surface area contributed by atoms with Crippen LogP contribution in [0.15, 0.2) is 62.6 Å². The summed E-state index contributed by atoms with van der Waals surface area (Å²) < 4.78 is 5.37. The van der Waals surface area contributed by atoms with E-state index in [1.807, 2.05) is 24.3 Å². The van der Waals surface area contributed by atoms with Crippen molar-refractivity contribution in [3.05, 3.63) is 74.9 Å². The average Bonchev–Trinajstić information content (AvgIpc) is 3.36. The highest BCUT2D eigenvalue weighted by atomic mass is 16.4. The molecule has 8 nitrogen and oxygen atoms in total. The van der Waals surface area contributed by atoms with Gasteiger partial charge in [-0.25, -0.2) is 4.99 Å². The van der Waals surface area contributed by atoms with Crippen LogP contribution in [-0.4, -0.2) is 27.3 Å². The summed E-state index contributed by atoms with van der Waals surface area (Å²) >= 11 is 0. The number of rotatable bonds is 5. The molecular weight excluding hydrogens is 348 g/mol. The van der Waals surface area contributed by atoms with E-state index in [-0.39, 0.29) is 12.0 Å². The number of aromatic nitrogens is 2. The molecule has 1 atom stereocenters. The summed E-state index contributed by atoms with van der Waals surface area (Å²) in [6.45, 7) is 0. The number of carboxylic acid groups (broad SMARTS) is 1. The molecule has 1 aliphatic heterocycles. The fourth-order valence-corrected chi connectivity index (χ4v) is 3.06. The number of nitrogens with two attached hydrogens (primary N) is 1. The topological polar surface area (TPSA) is 137 Å².